The van der Waals surface area contributed by atoms with Crippen LogP contribution in [0, 0.1) is 0 Å². The number of benzene rings is 1. The van der Waals surface area contributed by atoms with E-state index in [-0.39, 0.29) is 11.7 Å². The highest BCUT2D eigenvalue weighted by molar-refractivity contribution is 7.81. The van der Waals surface area contributed by atoms with Gasteiger partial charge in [-0.25, -0.2) is 4.98 Å². The molecule has 1 amide bonds. The molecule has 2 rings (SSSR count). The number of rotatable bonds is 4. The topological polar surface area (TPSA) is 51.2 Å². The predicted octanol–water partition coefficient (Wildman–Crippen LogP) is 2.56. The van der Waals surface area contributed by atoms with Crippen LogP contribution in [0.4, 0.5) is 5.13 Å². The molecule has 0 saturated heterocycles. The second-order valence-corrected chi connectivity index (χ2v) is 4.63. The minimum atomic E-state index is -0.155. The zero-order valence-electron chi connectivity index (χ0n) is 9.27. The third kappa shape index (κ3) is 2.89. The maximum Gasteiger partial charge on any atom is 0.235 e. The Hall–Kier alpha value is -1.27. The molecule has 1 aromatic heterocycles. The largest absolute Gasteiger partial charge is 0.494 e. The summed E-state index contributed by atoms with van der Waals surface area (Å²) in [4.78, 5) is 15.5. The van der Waals surface area contributed by atoms with Gasteiger partial charge in [-0.3, -0.25) is 4.79 Å². The summed E-state index contributed by atoms with van der Waals surface area (Å²) in [5.74, 6) is 0.813. The van der Waals surface area contributed by atoms with Crippen molar-refractivity contribution in [1.29, 1.82) is 0 Å². The molecule has 0 aliphatic rings. The third-order valence-corrected chi connectivity index (χ3v) is 3.28. The summed E-state index contributed by atoms with van der Waals surface area (Å²) in [5, 5.41) is 3.27. The van der Waals surface area contributed by atoms with Gasteiger partial charge in [-0.2, -0.15) is 12.6 Å². The number of carbonyl (C=O) groups is 1. The zero-order valence-corrected chi connectivity index (χ0v) is 11.0. The van der Waals surface area contributed by atoms with E-state index in [1.807, 2.05) is 25.1 Å². The van der Waals surface area contributed by atoms with Gasteiger partial charge in [-0.15, -0.1) is 0 Å². The molecule has 4 nitrogen and oxygen atoms in total. The van der Waals surface area contributed by atoms with Gasteiger partial charge in [0, 0.05) is 0 Å². The minimum absolute atomic E-state index is 0.153. The number of aromatic nitrogens is 1. The average molecular weight is 268 g/mol. The summed E-state index contributed by atoms with van der Waals surface area (Å²) in [6.45, 7) is 2.57. The van der Waals surface area contributed by atoms with E-state index in [1.54, 1.807) is 0 Å². The lowest BCUT2D eigenvalue weighted by molar-refractivity contribution is -0.113. The van der Waals surface area contributed by atoms with Gasteiger partial charge >= 0.3 is 0 Å². The Labute approximate surface area is 108 Å². The first-order valence-electron chi connectivity index (χ1n) is 5.17. The van der Waals surface area contributed by atoms with Gasteiger partial charge < -0.3 is 10.1 Å². The second kappa shape index (κ2) is 5.37. The number of anilines is 1. The Morgan fingerprint density at radius 3 is 3.12 bits per heavy atom. The molecule has 1 heterocycles. The van der Waals surface area contributed by atoms with E-state index in [4.69, 9.17) is 4.74 Å². The first-order valence-corrected chi connectivity index (χ1v) is 6.62. The number of fused-ring (bicyclic) bond motifs is 1. The SMILES string of the molecule is CCOc1ccc2nc(NC(=O)CS)sc2c1. The molecule has 0 unspecified atom stereocenters. The highest BCUT2D eigenvalue weighted by Crippen LogP contribution is 2.29. The Morgan fingerprint density at radius 2 is 2.41 bits per heavy atom. The van der Waals surface area contributed by atoms with Crippen LogP contribution in [0.3, 0.4) is 0 Å². The Morgan fingerprint density at radius 1 is 1.59 bits per heavy atom. The number of thiazole rings is 1. The van der Waals surface area contributed by atoms with Crippen LogP contribution in [0.5, 0.6) is 5.75 Å². The molecule has 17 heavy (non-hydrogen) atoms. The Kier molecular flexibility index (Phi) is 3.86. The van der Waals surface area contributed by atoms with E-state index < -0.39 is 0 Å². The smallest absolute Gasteiger partial charge is 0.235 e. The average Bonchev–Trinajstić information content (AvgIpc) is 2.70. The zero-order chi connectivity index (χ0) is 12.3. The minimum Gasteiger partial charge on any atom is -0.494 e. The highest BCUT2D eigenvalue weighted by Gasteiger charge is 2.07. The molecule has 0 atom stereocenters. The van der Waals surface area contributed by atoms with Crippen LogP contribution in [0.2, 0.25) is 0 Å². The van der Waals surface area contributed by atoms with Gasteiger partial charge in [0.25, 0.3) is 0 Å². The number of carbonyl (C=O) groups excluding carboxylic acids is 1. The van der Waals surface area contributed by atoms with Crippen molar-refractivity contribution in [3.8, 4) is 5.75 Å². The molecule has 0 fully saturated rings. The van der Waals surface area contributed by atoms with E-state index in [0.29, 0.717) is 11.7 Å². The lowest BCUT2D eigenvalue weighted by atomic mass is 10.3. The van der Waals surface area contributed by atoms with Gasteiger partial charge in [-0.1, -0.05) is 11.3 Å². The van der Waals surface area contributed by atoms with E-state index in [0.717, 1.165) is 16.0 Å². The summed E-state index contributed by atoms with van der Waals surface area (Å²) in [7, 11) is 0. The monoisotopic (exact) mass is 268 g/mol. The quantitative estimate of drug-likeness (QED) is 0.838. The molecule has 0 aliphatic heterocycles. The van der Waals surface area contributed by atoms with Gasteiger partial charge in [-0.05, 0) is 25.1 Å². The summed E-state index contributed by atoms with van der Waals surface area (Å²) in [6.07, 6.45) is 0. The van der Waals surface area contributed by atoms with Crippen LogP contribution >= 0.6 is 24.0 Å². The van der Waals surface area contributed by atoms with Crippen molar-refractivity contribution in [2.75, 3.05) is 17.7 Å². The summed E-state index contributed by atoms with van der Waals surface area (Å²) in [5.41, 5.74) is 0.855. The molecule has 0 spiro atoms. The van der Waals surface area contributed by atoms with E-state index in [9.17, 15) is 4.79 Å². The maximum atomic E-state index is 11.2. The van der Waals surface area contributed by atoms with Crippen LogP contribution in [-0.4, -0.2) is 23.3 Å². The second-order valence-electron chi connectivity index (χ2n) is 3.29. The van der Waals surface area contributed by atoms with Crippen molar-refractivity contribution in [3.05, 3.63) is 18.2 Å². The fourth-order valence-electron chi connectivity index (χ4n) is 1.37. The van der Waals surface area contributed by atoms with Crippen molar-refractivity contribution in [1.82, 2.24) is 4.98 Å². The van der Waals surface area contributed by atoms with Crippen molar-refractivity contribution < 1.29 is 9.53 Å². The van der Waals surface area contributed by atoms with Crippen molar-refractivity contribution in [3.63, 3.8) is 0 Å². The number of ether oxygens (including phenoxy) is 1. The lowest BCUT2D eigenvalue weighted by Crippen LogP contribution is -2.12. The lowest BCUT2D eigenvalue weighted by Gasteiger charge is -2.00. The molecule has 1 aromatic carbocycles. The summed E-state index contributed by atoms with van der Waals surface area (Å²) < 4.78 is 6.40. The van der Waals surface area contributed by atoms with Crippen LogP contribution in [0.15, 0.2) is 18.2 Å². The van der Waals surface area contributed by atoms with Gasteiger partial charge in [0.1, 0.15) is 5.75 Å². The number of thiol groups is 1. The molecule has 1 N–H and O–H groups in total. The van der Waals surface area contributed by atoms with Crippen molar-refractivity contribution in [2.45, 2.75) is 6.92 Å². The molecule has 0 saturated carbocycles. The van der Waals surface area contributed by atoms with Crippen LogP contribution in [-0.2, 0) is 4.79 Å². The van der Waals surface area contributed by atoms with Crippen LogP contribution < -0.4 is 10.1 Å². The van der Waals surface area contributed by atoms with Crippen molar-refractivity contribution >= 4 is 45.2 Å². The third-order valence-electron chi connectivity index (χ3n) is 2.06. The number of nitrogens with zero attached hydrogens (tertiary/aromatic N) is 1. The highest BCUT2D eigenvalue weighted by atomic mass is 32.1. The van der Waals surface area contributed by atoms with Crippen molar-refractivity contribution in [2.24, 2.45) is 0 Å². The normalized spacial score (nSPS) is 10.5. The molecular formula is C11H12N2O2S2. The Bertz CT molecular complexity index is 539. The number of hydrogen-bond donors (Lipinski definition) is 2. The summed E-state index contributed by atoms with van der Waals surface area (Å²) in [6, 6.07) is 5.68. The van der Waals surface area contributed by atoms with Gasteiger partial charge in [0.05, 0.1) is 22.6 Å². The van der Waals surface area contributed by atoms with E-state index >= 15 is 0 Å². The number of hydrogen-bond acceptors (Lipinski definition) is 5. The standard InChI is InChI=1S/C11H12N2O2S2/c1-2-15-7-3-4-8-9(5-7)17-11(12-8)13-10(14)6-16/h3-5,16H,2,6H2,1H3,(H,12,13,14). The molecular weight excluding hydrogens is 256 g/mol. The van der Waals surface area contributed by atoms with E-state index in [1.165, 1.54) is 11.3 Å². The van der Waals surface area contributed by atoms with Gasteiger partial charge in [0.15, 0.2) is 5.13 Å². The Balaban J connectivity index is 2.27. The first kappa shape index (κ1) is 12.2. The maximum absolute atomic E-state index is 11.2. The van der Waals surface area contributed by atoms with Gasteiger partial charge in [0.2, 0.25) is 5.91 Å². The van der Waals surface area contributed by atoms with E-state index in [2.05, 4.69) is 22.9 Å². The number of amides is 1. The van der Waals surface area contributed by atoms with Crippen LogP contribution in [0.1, 0.15) is 6.92 Å². The van der Waals surface area contributed by atoms with Crippen LogP contribution in [0.25, 0.3) is 10.2 Å². The fraction of sp³-hybridized carbons (Fsp3) is 0.273. The summed E-state index contributed by atoms with van der Waals surface area (Å²) >= 11 is 5.32. The first-order chi connectivity index (χ1) is 8.22. The molecule has 0 bridgehead atoms. The number of nitrogens with one attached hydrogen (secondary N) is 1. The molecule has 90 valence electrons. The molecule has 6 heteroatoms. The fourth-order valence-corrected chi connectivity index (χ4v) is 2.36. The molecule has 2 aromatic rings. The molecule has 0 aliphatic carbocycles. The molecule has 0 radical (unpaired) electrons. The predicted molar refractivity (Wildman–Crippen MR) is 73.3 cm³/mol.